The zero-order valence-corrected chi connectivity index (χ0v) is 26.7. The molecule has 0 fully saturated rings. The van der Waals surface area contributed by atoms with Gasteiger partial charge in [0, 0.05) is 18.6 Å². The summed E-state index contributed by atoms with van der Waals surface area (Å²) in [5.41, 5.74) is 7.30. The third kappa shape index (κ3) is 6.39. The van der Waals surface area contributed by atoms with E-state index >= 15 is 0 Å². The van der Waals surface area contributed by atoms with E-state index in [1.807, 2.05) is 24.3 Å². The van der Waals surface area contributed by atoms with Gasteiger partial charge in [-0.15, -0.1) is 0 Å². The second-order valence-electron chi connectivity index (χ2n) is 11.8. The van der Waals surface area contributed by atoms with Gasteiger partial charge in [-0.1, -0.05) is 18.2 Å². The van der Waals surface area contributed by atoms with Crippen LogP contribution in [-0.4, -0.2) is 58.6 Å². The Morgan fingerprint density at radius 1 is 0.689 bits per heavy atom. The fraction of sp³-hybridized carbons (Fsp3) is 0.351. The SMILES string of the molecule is COc1cc2c(cc1OC)[C@@H](Cc1ccc(O)c(Oc3ccc(C[C@H]4NCCc5cc(OC)c(OC)cc54)cc3)c1)N(C)CC2. The van der Waals surface area contributed by atoms with E-state index in [-0.39, 0.29) is 17.8 Å². The number of methoxy groups -OCH3 is 4. The van der Waals surface area contributed by atoms with Gasteiger partial charge in [0.05, 0.1) is 28.4 Å². The Hall–Kier alpha value is -4.40. The van der Waals surface area contributed by atoms with Crippen molar-refractivity contribution < 1.29 is 28.8 Å². The highest BCUT2D eigenvalue weighted by atomic mass is 16.5. The van der Waals surface area contributed by atoms with Crippen molar-refractivity contribution in [1.82, 2.24) is 10.2 Å². The van der Waals surface area contributed by atoms with Crippen molar-refractivity contribution in [2.75, 3.05) is 48.6 Å². The van der Waals surface area contributed by atoms with Crippen LogP contribution in [0, 0.1) is 0 Å². The molecule has 0 unspecified atom stereocenters. The molecule has 0 aromatic heterocycles. The molecule has 8 nitrogen and oxygen atoms in total. The Balaban J connectivity index is 1.17. The molecule has 8 heteroatoms. The molecule has 45 heavy (non-hydrogen) atoms. The Morgan fingerprint density at radius 2 is 1.29 bits per heavy atom. The largest absolute Gasteiger partial charge is 0.504 e. The minimum Gasteiger partial charge on any atom is -0.504 e. The van der Waals surface area contributed by atoms with Crippen LogP contribution < -0.4 is 29.0 Å². The monoisotopic (exact) mass is 610 g/mol. The first-order chi connectivity index (χ1) is 21.9. The van der Waals surface area contributed by atoms with Gasteiger partial charge in [-0.25, -0.2) is 0 Å². The molecule has 0 amide bonds. The summed E-state index contributed by atoms with van der Waals surface area (Å²) in [6.45, 7) is 1.86. The Labute approximate surface area is 265 Å². The first-order valence-corrected chi connectivity index (χ1v) is 15.4. The summed E-state index contributed by atoms with van der Waals surface area (Å²) in [5.74, 6) is 4.22. The van der Waals surface area contributed by atoms with Crippen molar-refractivity contribution >= 4 is 0 Å². The third-order valence-electron chi connectivity index (χ3n) is 9.12. The van der Waals surface area contributed by atoms with Crippen LogP contribution in [0.3, 0.4) is 0 Å². The van der Waals surface area contributed by atoms with Gasteiger partial charge in [-0.05, 0) is 121 Å². The maximum atomic E-state index is 10.7. The number of fused-ring (bicyclic) bond motifs is 2. The fourth-order valence-electron chi connectivity index (χ4n) is 6.62. The Kier molecular flexibility index (Phi) is 9.05. The quantitative estimate of drug-likeness (QED) is 0.213. The number of nitrogens with one attached hydrogen (secondary N) is 1. The van der Waals surface area contributed by atoms with Crippen LogP contribution in [0.15, 0.2) is 66.7 Å². The van der Waals surface area contributed by atoms with Crippen molar-refractivity contribution in [3.8, 4) is 40.2 Å². The highest BCUT2D eigenvalue weighted by Crippen LogP contribution is 2.41. The third-order valence-corrected chi connectivity index (χ3v) is 9.12. The standard InChI is InChI=1S/C37H42N2O6/c1-39-15-13-26-20-35(42-3)37(44-5)22-29(26)31(39)17-24-8-11-32(40)33(18-24)45-27-9-6-23(7-10-27)16-30-28-21-36(43-4)34(41-2)19-25(28)12-14-38-30/h6-11,18-22,30-31,38,40H,12-17H2,1-5H3/t30-,31-/m1/s1. The zero-order chi connectivity index (χ0) is 31.5. The van der Waals surface area contributed by atoms with Crippen molar-refractivity contribution in [1.29, 1.82) is 0 Å². The van der Waals surface area contributed by atoms with Crippen LogP contribution in [0.2, 0.25) is 0 Å². The minimum absolute atomic E-state index is 0.110. The molecule has 0 radical (unpaired) electrons. The first kappa shape index (κ1) is 30.6. The maximum absolute atomic E-state index is 10.7. The van der Waals surface area contributed by atoms with Gasteiger partial charge in [-0.2, -0.15) is 0 Å². The van der Waals surface area contributed by atoms with Crippen molar-refractivity contribution in [3.05, 3.63) is 100 Å². The molecule has 6 rings (SSSR count). The molecule has 2 aliphatic rings. The molecule has 0 saturated heterocycles. The predicted molar refractivity (Wildman–Crippen MR) is 175 cm³/mol. The number of ether oxygens (including phenoxy) is 5. The van der Waals surface area contributed by atoms with E-state index in [1.54, 1.807) is 34.5 Å². The normalized spacial score (nSPS) is 17.6. The Morgan fingerprint density at radius 3 is 1.96 bits per heavy atom. The lowest BCUT2D eigenvalue weighted by atomic mass is 9.88. The van der Waals surface area contributed by atoms with Crippen LogP contribution in [0.5, 0.6) is 40.2 Å². The molecular formula is C37H42N2O6. The first-order valence-electron chi connectivity index (χ1n) is 15.4. The number of phenols is 1. The molecule has 0 spiro atoms. The summed E-state index contributed by atoms with van der Waals surface area (Å²) in [4.78, 5) is 2.37. The summed E-state index contributed by atoms with van der Waals surface area (Å²) in [7, 11) is 8.84. The molecule has 2 aliphatic heterocycles. The van der Waals surface area contributed by atoms with E-state index in [1.165, 1.54) is 27.8 Å². The van der Waals surface area contributed by atoms with E-state index in [2.05, 4.69) is 53.7 Å². The molecule has 236 valence electrons. The summed E-state index contributed by atoms with van der Waals surface area (Å²) >= 11 is 0. The molecule has 4 aromatic rings. The van der Waals surface area contributed by atoms with Crippen molar-refractivity contribution in [3.63, 3.8) is 0 Å². The summed E-state index contributed by atoms with van der Waals surface area (Å²) in [5, 5.41) is 14.3. The smallest absolute Gasteiger partial charge is 0.169 e. The number of hydrogen-bond donors (Lipinski definition) is 2. The van der Waals surface area contributed by atoms with Gasteiger partial charge in [0.25, 0.3) is 0 Å². The molecule has 4 aromatic carbocycles. The van der Waals surface area contributed by atoms with Crippen LogP contribution >= 0.6 is 0 Å². The number of nitrogens with zero attached hydrogens (tertiary/aromatic N) is 1. The van der Waals surface area contributed by atoms with E-state index in [0.717, 1.165) is 67.3 Å². The average Bonchev–Trinajstić information content (AvgIpc) is 3.07. The second-order valence-corrected chi connectivity index (χ2v) is 11.8. The predicted octanol–water partition coefficient (Wildman–Crippen LogP) is 6.42. The van der Waals surface area contributed by atoms with E-state index in [4.69, 9.17) is 23.7 Å². The molecule has 2 atom stereocenters. The lowest BCUT2D eigenvalue weighted by molar-refractivity contribution is 0.228. The van der Waals surface area contributed by atoms with Crippen LogP contribution in [0.1, 0.15) is 45.5 Å². The van der Waals surface area contributed by atoms with Gasteiger partial charge in [0.15, 0.2) is 34.5 Å². The van der Waals surface area contributed by atoms with Crippen LogP contribution in [0.25, 0.3) is 0 Å². The second kappa shape index (κ2) is 13.3. The molecule has 0 aliphatic carbocycles. The zero-order valence-electron chi connectivity index (χ0n) is 26.7. The van der Waals surface area contributed by atoms with E-state index < -0.39 is 0 Å². The fourth-order valence-corrected chi connectivity index (χ4v) is 6.62. The summed E-state index contributed by atoms with van der Waals surface area (Å²) in [6.07, 6.45) is 3.50. The van der Waals surface area contributed by atoms with E-state index in [9.17, 15) is 5.11 Å². The van der Waals surface area contributed by atoms with Crippen LogP contribution in [-0.2, 0) is 25.7 Å². The number of rotatable bonds is 10. The summed E-state index contributed by atoms with van der Waals surface area (Å²) < 4.78 is 28.5. The highest BCUT2D eigenvalue weighted by Gasteiger charge is 2.28. The lowest BCUT2D eigenvalue weighted by Crippen LogP contribution is -2.33. The maximum Gasteiger partial charge on any atom is 0.169 e. The van der Waals surface area contributed by atoms with Gasteiger partial charge in [-0.3, -0.25) is 4.90 Å². The number of phenolic OH excluding ortho intramolecular Hbond substituents is 1. The summed E-state index contributed by atoms with van der Waals surface area (Å²) in [6, 6.07) is 22.4. The Bertz CT molecular complexity index is 1650. The molecule has 2 heterocycles. The molecule has 0 bridgehead atoms. The average molecular weight is 611 g/mol. The van der Waals surface area contributed by atoms with Crippen molar-refractivity contribution in [2.45, 2.75) is 37.8 Å². The number of likely N-dealkylation sites (N-methyl/N-ethyl adjacent to an activating group) is 1. The van der Waals surface area contributed by atoms with Gasteiger partial charge in [0.1, 0.15) is 5.75 Å². The number of hydrogen-bond acceptors (Lipinski definition) is 8. The molecule has 0 saturated carbocycles. The van der Waals surface area contributed by atoms with E-state index in [0.29, 0.717) is 11.5 Å². The minimum atomic E-state index is 0.110. The van der Waals surface area contributed by atoms with Crippen molar-refractivity contribution in [2.24, 2.45) is 0 Å². The topological polar surface area (TPSA) is 81.7 Å². The van der Waals surface area contributed by atoms with Gasteiger partial charge >= 0.3 is 0 Å². The van der Waals surface area contributed by atoms with Crippen LogP contribution in [0.4, 0.5) is 0 Å². The highest BCUT2D eigenvalue weighted by molar-refractivity contribution is 5.52. The lowest BCUT2D eigenvalue weighted by Gasteiger charge is -2.35. The molecular weight excluding hydrogens is 568 g/mol. The molecule has 2 N–H and O–H groups in total. The number of aromatic hydroxyl groups is 1. The number of benzene rings is 4. The van der Waals surface area contributed by atoms with Gasteiger partial charge in [0.2, 0.25) is 0 Å². The van der Waals surface area contributed by atoms with Gasteiger partial charge < -0.3 is 34.1 Å².